The molecule has 0 aromatic carbocycles. The lowest BCUT2D eigenvalue weighted by Crippen LogP contribution is -2.61. The molecule has 5 unspecified atom stereocenters. The van der Waals surface area contributed by atoms with Crippen molar-refractivity contribution in [1.82, 2.24) is 0 Å². The van der Waals surface area contributed by atoms with Gasteiger partial charge in [0, 0.05) is 0 Å². The van der Waals surface area contributed by atoms with E-state index in [2.05, 4.69) is 4.18 Å². The minimum Gasteiger partial charge on any atom is -0.394 e. The van der Waals surface area contributed by atoms with Gasteiger partial charge in [0.05, 0.1) is 12.6 Å². The van der Waals surface area contributed by atoms with Crippen molar-refractivity contribution in [3.8, 4) is 0 Å². The molecule has 0 saturated carbocycles. The average molecular weight is 453 g/mol. The summed E-state index contributed by atoms with van der Waals surface area (Å²) in [5.74, 6) is -1.99. The van der Waals surface area contributed by atoms with Crippen molar-refractivity contribution in [2.75, 3.05) is 6.61 Å². The first-order valence-electron chi connectivity index (χ1n) is 7.62. The van der Waals surface area contributed by atoms with Gasteiger partial charge in [0.25, 0.3) is 0 Å². The van der Waals surface area contributed by atoms with Gasteiger partial charge in [0.1, 0.15) is 36.6 Å². The summed E-state index contributed by atoms with van der Waals surface area (Å²) < 4.78 is 36.2. The third kappa shape index (κ3) is 8.50. The molecular formula is C12H23NO15S. The zero-order chi connectivity index (χ0) is 23.1. The highest BCUT2D eigenvalue weighted by atomic mass is 32.3. The summed E-state index contributed by atoms with van der Waals surface area (Å²) >= 11 is 0. The van der Waals surface area contributed by atoms with Crippen LogP contribution < -0.4 is 5.73 Å². The molecule has 1 fully saturated rings. The molecule has 1 aliphatic rings. The molecule has 17 heteroatoms. The number of nitrogens with two attached hydrogens (primary N) is 1. The topological polar surface area (TPSA) is 295 Å². The highest BCUT2D eigenvalue weighted by Crippen LogP contribution is 2.17. The second-order valence-electron chi connectivity index (χ2n) is 5.69. The molecule has 1 heterocycles. The van der Waals surface area contributed by atoms with Gasteiger partial charge in [-0.05, 0) is 0 Å². The van der Waals surface area contributed by atoms with Crippen LogP contribution in [0.2, 0.25) is 0 Å². The Bertz CT molecular complexity index is 624. The average Bonchev–Trinajstić information content (AvgIpc) is 2.65. The van der Waals surface area contributed by atoms with Crippen LogP contribution in [0.25, 0.3) is 0 Å². The summed E-state index contributed by atoms with van der Waals surface area (Å²) in [5.41, 5.74) is 5.26. The van der Waals surface area contributed by atoms with Gasteiger partial charge < -0.3 is 60.3 Å². The van der Waals surface area contributed by atoms with E-state index in [-0.39, 0.29) is 6.29 Å². The molecule has 11 N–H and O–H groups in total. The fourth-order valence-electron chi connectivity index (χ4n) is 1.88. The van der Waals surface area contributed by atoms with Crippen LogP contribution in [-0.4, -0.2) is 128 Å². The van der Waals surface area contributed by atoms with Crippen molar-refractivity contribution in [3.05, 3.63) is 0 Å². The highest BCUT2D eigenvalue weighted by Gasteiger charge is 2.41. The Labute approximate surface area is 163 Å². The molecule has 29 heavy (non-hydrogen) atoms. The second-order valence-corrected chi connectivity index (χ2v) is 6.71. The number of aliphatic hydroxyl groups is 8. The van der Waals surface area contributed by atoms with E-state index < -0.39 is 78.0 Å². The quantitative estimate of drug-likeness (QED) is 0.126. The summed E-state index contributed by atoms with van der Waals surface area (Å²) in [4.78, 5) is 20.8. The van der Waals surface area contributed by atoms with Crippen molar-refractivity contribution in [2.24, 2.45) is 5.73 Å². The molecule has 172 valence electrons. The first-order chi connectivity index (χ1) is 13.2. The van der Waals surface area contributed by atoms with Gasteiger partial charge in [-0.15, -0.1) is 0 Å². The first kappa shape index (κ1) is 27.6. The molecule has 0 radical (unpaired) electrons. The fourth-order valence-corrected chi connectivity index (χ4v) is 2.19. The maximum atomic E-state index is 10.8. The number of carbonyl (C=O) groups is 2. The van der Waals surface area contributed by atoms with Crippen molar-refractivity contribution in [1.29, 1.82) is 0 Å². The van der Waals surface area contributed by atoms with E-state index in [9.17, 15) is 28.2 Å². The molecule has 9 atom stereocenters. The zero-order valence-corrected chi connectivity index (χ0v) is 15.3. The number of ether oxygens (including phenoxy) is 1. The lowest BCUT2D eigenvalue weighted by atomic mass is 9.98. The van der Waals surface area contributed by atoms with E-state index in [0.717, 1.165) is 0 Å². The largest absolute Gasteiger partial charge is 0.449 e. The first-order valence-corrected chi connectivity index (χ1v) is 8.98. The molecule has 0 aromatic rings. The third-order valence-corrected chi connectivity index (χ3v) is 3.92. The molecule has 1 saturated heterocycles. The van der Waals surface area contributed by atoms with Gasteiger partial charge >= 0.3 is 16.4 Å². The van der Waals surface area contributed by atoms with E-state index in [1.54, 1.807) is 0 Å². The Morgan fingerprint density at radius 3 is 2.03 bits per heavy atom. The maximum Gasteiger partial charge on any atom is 0.449 e. The summed E-state index contributed by atoms with van der Waals surface area (Å²) in [6.45, 7) is -0.470. The summed E-state index contributed by atoms with van der Waals surface area (Å²) in [6, 6.07) is -1.04. The predicted molar refractivity (Wildman–Crippen MR) is 85.7 cm³/mol. The Balaban J connectivity index is 0.000000571. The summed E-state index contributed by atoms with van der Waals surface area (Å²) in [7, 11) is -5.19. The van der Waals surface area contributed by atoms with Crippen molar-refractivity contribution in [2.45, 2.75) is 55.1 Å². The van der Waals surface area contributed by atoms with Gasteiger partial charge in [-0.2, -0.15) is 8.42 Å². The zero-order valence-electron chi connectivity index (χ0n) is 14.4. The highest BCUT2D eigenvalue weighted by molar-refractivity contribution is 7.81. The molecule has 0 aromatic heterocycles. The van der Waals surface area contributed by atoms with Gasteiger partial charge in [-0.1, -0.05) is 0 Å². The van der Waals surface area contributed by atoms with Gasteiger partial charge in [-0.3, -0.25) is 4.55 Å². The smallest absolute Gasteiger partial charge is 0.394 e. The molecule has 1 aliphatic heterocycles. The third-order valence-electron chi connectivity index (χ3n) is 3.54. The van der Waals surface area contributed by atoms with E-state index in [1.807, 2.05) is 0 Å². The number of aliphatic hydroxyl groups excluding tert-OH is 8. The Kier molecular flexibility index (Phi) is 11.2. The Hall–Kier alpha value is -1.35. The Morgan fingerprint density at radius 1 is 1.10 bits per heavy atom. The van der Waals surface area contributed by atoms with E-state index in [0.29, 0.717) is 0 Å². The van der Waals surface area contributed by atoms with Crippen LogP contribution >= 0.6 is 0 Å². The number of rotatable bonds is 7. The molecular weight excluding hydrogens is 430 g/mol. The second kappa shape index (κ2) is 11.7. The lowest BCUT2D eigenvalue weighted by Gasteiger charge is -2.38. The Morgan fingerprint density at radius 2 is 1.62 bits per heavy atom. The molecule has 16 nitrogen and oxygen atoms in total. The van der Waals surface area contributed by atoms with Crippen molar-refractivity contribution < 1.29 is 72.3 Å². The van der Waals surface area contributed by atoms with Crippen LogP contribution in [0, 0.1) is 0 Å². The van der Waals surface area contributed by atoms with Crippen LogP contribution in [0.3, 0.4) is 0 Å². The van der Waals surface area contributed by atoms with E-state index in [1.165, 1.54) is 0 Å². The minimum absolute atomic E-state index is 0.186. The minimum atomic E-state index is -5.19. The molecule has 0 aliphatic carbocycles. The van der Waals surface area contributed by atoms with Gasteiger partial charge in [0.2, 0.25) is 0 Å². The lowest BCUT2D eigenvalue weighted by molar-refractivity contribution is -0.248. The van der Waals surface area contributed by atoms with E-state index in [4.69, 9.17) is 45.7 Å². The van der Waals surface area contributed by atoms with Gasteiger partial charge in [0.15, 0.2) is 18.7 Å². The molecule has 0 bridgehead atoms. The predicted octanol–water partition coefficient (Wildman–Crippen LogP) is -7.28. The molecule has 0 spiro atoms. The maximum absolute atomic E-state index is 10.8. The van der Waals surface area contributed by atoms with Crippen LogP contribution in [0.1, 0.15) is 0 Å². The van der Waals surface area contributed by atoms with Crippen LogP contribution in [0.5, 0.6) is 0 Å². The van der Waals surface area contributed by atoms with Crippen LogP contribution in [0.4, 0.5) is 0 Å². The monoisotopic (exact) mass is 453 g/mol. The SMILES string of the molecule is N[C@H]1C(O)O[C@H](CO)[C@H](O)[C@@H]1O.O=CC(O)C(O)C(O)C(O)C(=O)OS(=O)(=O)O. The molecule has 1 rings (SSSR count). The fraction of sp³-hybridized carbons (Fsp3) is 0.833. The number of hydrogen-bond acceptors (Lipinski definition) is 15. The standard InChI is InChI=1S/C6H13NO5.C6H10O10S/c7-3-5(10)4(9)2(1-8)12-6(3)11;7-1-2(8)3(9)4(10)5(11)6(12)16-17(13,14)15/h2-6,8-11H,1,7H2;1-5,8-11H,(H,13,14,15)/t2-,3-,4+,5-,6?;/m1./s1. The van der Waals surface area contributed by atoms with Crippen LogP contribution in [0.15, 0.2) is 0 Å². The number of hydrogen-bond donors (Lipinski definition) is 10. The van der Waals surface area contributed by atoms with E-state index >= 15 is 0 Å². The summed E-state index contributed by atoms with van der Waals surface area (Å²) in [5, 5.41) is 71.8. The molecule has 0 amide bonds. The van der Waals surface area contributed by atoms with Crippen molar-refractivity contribution in [3.63, 3.8) is 0 Å². The van der Waals surface area contributed by atoms with Gasteiger partial charge in [-0.25, -0.2) is 4.79 Å². The summed E-state index contributed by atoms with van der Waals surface area (Å²) in [6.07, 6.45) is -14.3. The van der Waals surface area contributed by atoms with Crippen LogP contribution in [-0.2, 0) is 28.9 Å². The number of aldehydes is 1. The van der Waals surface area contributed by atoms with Crippen molar-refractivity contribution >= 4 is 22.7 Å². The number of carbonyl (C=O) groups excluding carboxylic acids is 2. The normalized spacial score (nSPS) is 31.4.